The molecule has 0 unspecified atom stereocenters. The van der Waals surface area contributed by atoms with E-state index >= 15 is 0 Å². The molecule has 9 nitrogen and oxygen atoms in total. The summed E-state index contributed by atoms with van der Waals surface area (Å²) in [5.41, 5.74) is 2.57. The molecular formula is C23H27N4O5S2+. The molecule has 3 aliphatic rings. The molecule has 5 rings (SSSR count). The van der Waals surface area contributed by atoms with Gasteiger partial charge in [0.05, 0.1) is 38.3 Å². The molecule has 0 spiro atoms. The Balaban J connectivity index is 1.31. The van der Waals surface area contributed by atoms with Gasteiger partial charge in [-0.1, -0.05) is 0 Å². The number of fused-ring (bicyclic) bond motifs is 3. The van der Waals surface area contributed by atoms with Crippen molar-refractivity contribution in [1.82, 2.24) is 5.32 Å². The van der Waals surface area contributed by atoms with Crippen LogP contribution in [-0.4, -0.2) is 71.7 Å². The summed E-state index contributed by atoms with van der Waals surface area (Å²) in [4.78, 5) is 17.2. The van der Waals surface area contributed by atoms with E-state index in [1.807, 2.05) is 29.2 Å². The largest absolute Gasteiger partial charge is 0.497 e. The molecule has 1 atom stereocenters. The van der Waals surface area contributed by atoms with Crippen LogP contribution in [-0.2, 0) is 14.8 Å². The van der Waals surface area contributed by atoms with Crippen molar-refractivity contribution < 1.29 is 27.6 Å². The van der Waals surface area contributed by atoms with Crippen LogP contribution in [0.2, 0.25) is 0 Å². The third kappa shape index (κ3) is 4.78. The van der Waals surface area contributed by atoms with Crippen molar-refractivity contribution in [3.8, 4) is 5.75 Å². The number of methoxy groups -OCH3 is 1. The second-order valence-electron chi connectivity index (χ2n) is 8.40. The summed E-state index contributed by atoms with van der Waals surface area (Å²) in [6.07, 6.45) is 0. The van der Waals surface area contributed by atoms with E-state index in [2.05, 4.69) is 21.8 Å². The number of sulfonamides is 1. The number of ether oxygens (including phenoxy) is 2. The zero-order valence-corrected chi connectivity index (χ0v) is 20.5. The number of amidine groups is 1. The maximum Gasteiger partial charge on any atom is 0.257 e. The zero-order chi connectivity index (χ0) is 23.7. The van der Waals surface area contributed by atoms with Gasteiger partial charge in [0.1, 0.15) is 24.9 Å². The molecule has 2 N–H and O–H groups in total. The Bertz CT molecular complexity index is 1210. The Morgan fingerprint density at radius 1 is 1.24 bits per heavy atom. The number of thioether (sulfide) groups is 1. The number of benzene rings is 2. The van der Waals surface area contributed by atoms with Gasteiger partial charge < -0.3 is 24.6 Å². The van der Waals surface area contributed by atoms with Gasteiger partial charge in [0.2, 0.25) is 0 Å². The van der Waals surface area contributed by atoms with Crippen LogP contribution in [0.5, 0.6) is 5.75 Å². The fourth-order valence-corrected chi connectivity index (χ4v) is 6.78. The highest BCUT2D eigenvalue weighted by molar-refractivity contribution is 8.15. The van der Waals surface area contributed by atoms with E-state index < -0.39 is 10.0 Å². The number of carbonyl (C=O) groups is 1. The monoisotopic (exact) mass is 503 g/mol. The van der Waals surface area contributed by atoms with Crippen LogP contribution in [0.15, 0.2) is 51.8 Å². The molecule has 1 fully saturated rings. The quantitative estimate of drug-likeness (QED) is 0.598. The zero-order valence-electron chi connectivity index (χ0n) is 18.8. The van der Waals surface area contributed by atoms with Crippen molar-refractivity contribution in [1.29, 1.82) is 0 Å². The number of hydrogen-bond donors (Lipinski definition) is 2. The van der Waals surface area contributed by atoms with Gasteiger partial charge in [0, 0.05) is 22.6 Å². The maximum atomic E-state index is 13.1. The summed E-state index contributed by atoms with van der Waals surface area (Å²) in [7, 11) is -1.77. The number of carbonyl (C=O) groups excluding carboxylic acids is 1. The molecule has 2 aromatic carbocycles. The van der Waals surface area contributed by atoms with Crippen molar-refractivity contribution in [3.05, 3.63) is 53.6 Å². The Morgan fingerprint density at radius 2 is 2.00 bits per heavy atom. The summed E-state index contributed by atoms with van der Waals surface area (Å²) < 4.78 is 38.4. The fourth-order valence-electron chi connectivity index (χ4n) is 4.48. The molecule has 3 heterocycles. The average molecular weight is 504 g/mol. The minimum atomic E-state index is -3.41. The van der Waals surface area contributed by atoms with Gasteiger partial charge in [-0.15, -0.1) is 4.40 Å². The molecule has 34 heavy (non-hydrogen) atoms. The van der Waals surface area contributed by atoms with Gasteiger partial charge in [-0.25, -0.2) is 8.42 Å². The number of morpholine rings is 1. The summed E-state index contributed by atoms with van der Waals surface area (Å²) in [5.74, 6) is 0.636. The summed E-state index contributed by atoms with van der Waals surface area (Å²) in [6.45, 7) is 4.02. The first-order valence-electron chi connectivity index (χ1n) is 11.2. The van der Waals surface area contributed by atoms with Gasteiger partial charge in [0.25, 0.3) is 15.9 Å². The van der Waals surface area contributed by atoms with E-state index in [-0.39, 0.29) is 17.7 Å². The highest BCUT2D eigenvalue weighted by atomic mass is 32.2. The van der Waals surface area contributed by atoms with Gasteiger partial charge >= 0.3 is 0 Å². The molecule has 2 aromatic rings. The first kappa shape index (κ1) is 23.2. The molecule has 0 saturated carbocycles. The molecule has 180 valence electrons. The first-order valence-corrected chi connectivity index (χ1v) is 13.6. The molecule has 0 aliphatic carbocycles. The molecular weight excluding hydrogens is 476 g/mol. The van der Waals surface area contributed by atoms with Crippen molar-refractivity contribution in [2.24, 2.45) is 4.40 Å². The van der Waals surface area contributed by atoms with E-state index in [0.717, 1.165) is 35.0 Å². The van der Waals surface area contributed by atoms with Gasteiger partial charge in [0.15, 0.2) is 5.17 Å². The van der Waals surface area contributed by atoms with Crippen LogP contribution >= 0.6 is 11.8 Å². The fraction of sp³-hybridized carbons (Fsp3) is 0.391. The second kappa shape index (κ2) is 9.57. The van der Waals surface area contributed by atoms with E-state index in [1.54, 1.807) is 13.2 Å². The highest BCUT2D eigenvalue weighted by Gasteiger charge is 2.33. The van der Waals surface area contributed by atoms with Crippen LogP contribution in [0.4, 0.5) is 5.69 Å². The minimum absolute atomic E-state index is 0.00460. The van der Waals surface area contributed by atoms with Gasteiger partial charge in [-0.2, -0.15) is 0 Å². The Labute approximate surface area is 203 Å². The first-order chi connectivity index (χ1) is 16.4. The van der Waals surface area contributed by atoms with Crippen molar-refractivity contribution in [2.45, 2.75) is 10.9 Å². The predicted octanol–water partition coefficient (Wildman–Crippen LogP) is 0.693. The van der Waals surface area contributed by atoms with Crippen LogP contribution in [0.1, 0.15) is 22.0 Å². The smallest absolute Gasteiger partial charge is 0.257 e. The van der Waals surface area contributed by atoms with Gasteiger partial charge in [-0.05, 0) is 54.2 Å². The number of quaternary nitrogens is 1. The average Bonchev–Trinajstić information content (AvgIpc) is 3.20. The third-order valence-corrected chi connectivity index (χ3v) is 8.65. The molecule has 3 aliphatic heterocycles. The summed E-state index contributed by atoms with van der Waals surface area (Å²) in [5, 5.41) is 3.56. The topological polar surface area (TPSA) is 102 Å². The molecule has 0 aromatic heterocycles. The normalized spacial score (nSPS) is 20.1. The molecule has 0 radical (unpaired) electrons. The Morgan fingerprint density at radius 3 is 2.74 bits per heavy atom. The van der Waals surface area contributed by atoms with E-state index in [9.17, 15) is 13.2 Å². The number of rotatable bonds is 6. The molecule has 1 saturated heterocycles. The second-order valence-corrected chi connectivity index (χ2v) is 11.2. The van der Waals surface area contributed by atoms with Crippen LogP contribution in [0.25, 0.3) is 0 Å². The molecule has 1 amide bonds. The summed E-state index contributed by atoms with van der Waals surface area (Å²) in [6, 6.07) is 13.5. The van der Waals surface area contributed by atoms with Gasteiger partial charge in [-0.3, -0.25) is 4.79 Å². The lowest BCUT2D eigenvalue weighted by Crippen LogP contribution is -3.15. The standard InChI is InChI=1S/C23H26N4O5S2/c1-31-18-5-2-16(3-6-18)20(26-8-11-32-12-9-26)15-24-22(28)17-4-7-19-21(14-17)33-23-25-34(29,30)13-10-27(19)23/h2-7,14,20H,8-13,15H2,1H3,(H,24,28)/p+1/t20-/m0/s1. The number of amides is 1. The number of hydrogen-bond acceptors (Lipinski definition) is 7. The highest BCUT2D eigenvalue weighted by Crippen LogP contribution is 2.42. The van der Waals surface area contributed by atoms with Crippen molar-refractivity contribution in [3.63, 3.8) is 0 Å². The molecule has 0 bridgehead atoms. The minimum Gasteiger partial charge on any atom is -0.497 e. The Hall–Kier alpha value is -2.60. The van der Waals surface area contributed by atoms with Crippen LogP contribution in [0, 0.1) is 0 Å². The van der Waals surface area contributed by atoms with Crippen molar-refractivity contribution in [2.75, 3.05) is 57.2 Å². The maximum absolute atomic E-state index is 13.1. The lowest BCUT2D eigenvalue weighted by Gasteiger charge is -2.32. The van der Waals surface area contributed by atoms with Crippen LogP contribution < -0.4 is 19.9 Å². The predicted molar refractivity (Wildman–Crippen MR) is 130 cm³/mol. The number of anilines is 1. The lowest BCUT2D eigenvalue weighted by molar-refractivity contribution is -0.937. The SMILES string of the molecule is COc1ccc([C@H](CNC(=O)c2ccc3c(c2)SC2=NS(=O)(=O)CCN23)[NH+]2CCOCC2)cc1. The molecule has 11 heteroatoms. The van der Waals surface area contributed by atoms with E-state index in [4.69, 9.17) is 9.47 Å². The Kier molecular flexibility index (Phi) is 6.52. The van der Waals surface area contributed by atoms with E-state index in [1.165, 1.54) is 16.7 Å². The number of nitrogens with zero attached hydrogens (tertiary/aromatic N) is 2. The summed E-state index contributed by atoms with van der Waals surface area (Å²) >= 11 is 1.29. The lowest BCUT2D eigenvalue weighted by atomic mass is 10.0. The van der Waals surface area contributed by atoms with Crippen LogP contribution in [0.3, 0.4) is 0 Å². The van der Waals surface area contributed by atoms with E-state index in [0.29, 0.717) is 37.0 Å². The van der Waals surface area contributed by atoms with Crippen molar-refractivity contribution >= 4 is 38.5 Å². The third-order valence-electron chi connectivity index (χ3n) is 6.35. The number of nitrogens with one attached hydrogen (secondary N) is 2.